The van der Waals surface area contributed by atoms with E-state index < -0.39 is 5.97 Å². The smallest absolute Gasteiger partial charge is 0.317 e. The van der Waals surface area contributed by atoms with E-state index in [1.165, 1.54) is 0 Å². The van der Waals surface area contributed by atoms with Crippen molar-refractivity contribution in [1.82, 2.24) is 20.0 Å². The number of likely N-dealkylation sites (N-methyl/N-ethyl adjacent to an activating group) is 1. The second-order valence-electron chi connectivity index (χ2n) is 6.63. The highest BCUT2D eigenvalue weighted by Gasteiger charge is 2.28. The van der Waals surface area contributed by atoms with Gasteiger partial charge in [0.15, 0.2) is 0 Å². The van der Waals surface area contributed by atoms with Gasteiger partial charge >= 0.3 is 5.97 Å². The van der Waals surface area contributed by atoms with Gasteiger partial charge in [0.25, 0.3) is 5.91 Å². The molecule has 0 unspecified atom stereocenters. The maximum Gasteiger partial charge on any atom is 0.317 e. The minimum absolute atomic E-state index is 0.0385. The van der Waals surface area contributed by atoms with Crippen LogP contribution in [0.3, 0.4) is 0 Å². The van der Waals surface area contributed by atoms with Crippen LogP contribution in [-0.2, 0) is 4.79 Å². The van der Waals surface area contributed by atoms with E-state index in [-0.39, 0.29) is 18.5 Å². The minimum atomic E-state index is -0.820. The van der Waals surface area contributed by atoms with Crippen molar-refractivity contribution in [1.29, 1.82) is 0 Å². The van der Waals surface area contributed by atoms with Gasteiger partial charge in [-0.15, -0.1) is 0 Å². The van der Waals surface area contributed by atoms with Gasteiger partial charge in [-0.1, -0.05) is 36.7 Å². The number of benzene rings is 1. The second-order valence-corrected chi connectivity index (χ2v) is 7.03. The third kappa shape index (κ3) is 4.48. The minimum Gasteiger partial charge on any atom is -0.480 e. The van der Waals surface area contributed by atoms with Crippen molar-refractivity contribution in [3.05, 3.63) is 41.0 Å². The number of hydrogen-bond acceptors (Lipinski definition) is 4. The van der Waals surface area contributed by atoms with Crippen LogP contribution in [0.2, 0.25) is 5.02 Å². The third-order valence-electron chi connectivity index (χ3n) is 4.97. The number of carbonyl (C=O) groups excluding carboxylic acids is 1. The monoisotopic (exact) mass is 390 g/mol. The highest BCUT2D eigenvalue weighted by molar-refractivity contribution is 6.33. The number of carboxylic acid groups (broad SMARTS) is 1. The SMILES string of the molecule is CCN(CC(=O)O)C1CCN(C(=O)c2cc(-c3ccccc3Cl)n[nH]2)CC1. The lowest BCUT2D eigenvalue weighted by Gasteiger charge is -2.37. The molecule has 0 saturated carbocycles. The summed E-state index contributed by atoms with van der Waals surface area (Å²) in [6.45, 7) is 3.88. The quantitative estimate of drug-likeness (QED) is 0.791. The number of carbonyl (C=O) groups is 2. The summed E-state index contributed by atoms with van der Waals surface area (Å²) in [6, 6.07) is 9.28. The van der Waals surface area contributed by atoms with Crippen LogP contribution in [0, 0.1) is 0 Å². The number of aromatic nitrogens is 2. The van der Waals surface area contributed by atoms with Crippen LogP contribution in [0.1, 0.15) is 30.3 Å². The average Bonchev–Trinajstić information content (AvgIpc) is 3.16. The second kappa shape index (κ2) is 8.54. The number of nitrogens with one attached hydrogen (secondary N) is 1. The number of H-pyrrole nitrogens is 1. The highest BCUT2D eigenvalue weighted by Crippen LogP contribution is 2.27. The number of halogens is 1. The van der Waals surface area contributed by atoms with E-state index in [4.69, 9.17) is 16.7 Å². The van der Waals surface area contributed by atoms with Gasteiger partial charge in [-0.3, -0.25) is 19.6 Å². The Morgan fingerprint density at radius 1 is 1.33 bits per heavy atom. The topological polar surface area (TPSA) is 89.5 Å². The average molecular weight is 391 g/mol. The van der Waals surface area contributed by atoms with Crippen LogP contribution in [0.15, 0.2) is 30.3 Å². The number of nitrogens with zero attached hydrogens (tertiary/aromatic N) is 3. The molecule has 1 fully saturated rings. The van der Waals surface area contributed by atoms with E-state index in [1.807, 2.05) is 30.0 Å². The molecule has 7 nitrogen and oxygen atoms in total. The lowest BCUT2D eigenvalue weighted by atomic mass is 10.0. The number of piperidine rings is 1. The molecule has 3 rings (SSSR count). The number of aromatic amines is 1. The van der Waals surface area contributed by atoms with E-state index >= 15 is 0 Å². The van der Waals surface area contributed by atoms with Crippen molar-refractivity contribution in [3.63, 3.8) is 0 Å². The lowest BCUT2D eigenvalue weighted by molar-refractivity contribution is -0.139. The van der Waals surface area contributed by atoms with Crippen molar-refractivity contribution < 1.29 is 14.7 Å². The van der Waals surface area contributed by atoms with Gasteiger partial charge in [0.05, 0.1) is 17.3 Å². The number of amides is 1. The van der Waals surface area contributed by atoms with Gasteiger partial charge in [-0.2, -0.15) is 5.10 Å². The number of likely N-dealkylation sites (tertiary alicyclic amines) is 1. The third-order valence-corrected chi connectivity index (χ3v) is 5.30. The molecule has 8 heteroatoms. The Morgan fingerprint density at radius 3 is 2.67 bits per heavy atom. The first-order valence-corrected chi connectivity index (χ1v) is 9.42. The summed E-state index contributed by atoms with van der Waals surface area (Å²) in [6.07, 6.45) is 1.52. The molecule has 0 aliphatic carbocycles. The van der Waals surface area contributed by atoms with Crippen molar-refractivity contribution in [2.75, 3.05) is 26.2 Å². The highest BCUT2D eigenvalue weighted by atomic mass is 35.5. The number of rotatable bonds is 6. The summed E-state index contributed by atoms with van der Waals surface area (Å²) in [5.74, 6) is -0.916. The van der Waals surface area contributed by atoms with Crippen LogP contribution in [-0.4, -0.2) is 69.2 Å². The molecular weight excluding hydrogens is 368 g/mol. The molecule has 0 bridgehead atoms. The van der Waals surface area contributed by atoms with Gasteiger partial charge in [0.2, 0.25) is 0 Å². The first kappa shape index (κ1) is 19.4. The molecule has 144 valence electrons. The molecular formula is C19H23ClN4O3. The standard InChI is InChI=1S/C19H23ClN4O3/c1-2-23(12-18(25)26)13-7-9-24(10-8-13)19(27)17-11-16(21-22-17)14-5-3-4-6-15(14)20/h3-6,11,13H,2,7-10,12H2,1H3,(H,21,22)(H,25,26). The molecule has 1 saturated heterocycles. The molecule has 1 aliphatic heterocycles. The van der Waals surface area contributed by atoms with E-state index in [9.17, 15) is 9.59 Å². The maximum atomic E-state index is 12.8. The fraction of sp³-hybridized carbons (Fsp3) is 0.421. The van der Waals surface area contributed by atoms with Crippen LogP contribution in [0.5, 0.6) is 0 Å². The molecule has 2 heterocycles. The zero-order chi connectivity index (χ0) is 19.4. The molecule has 0 spiro atoms. The Morgan fingerprint density at radius 2 is 2.04 bits per heavy atom. The Hall–Kier alpha value is -2.38. The van der Waals surface area contributed by atoms with E-state index in [1.54, 1.807) is 17.0 Å². The molecule has 1 aromatic heterocycles. The fourth-order valence-corrected chi connectivity index (χ4v) is 3.75. The first-order valence-electron chi connectivity index (χ1n) is 9.05. The van der Waals surface area contributed by atoms with Crippen molar-refractivity contribution in [2.45, 2.75) is 25.8 Å². The van der Waals surface area contributed by atoms with Crippen molar-refractivity contribution >= 4 is 23.5 Å². The van der Waals surface area contributed by atoms with Crippen LogP contribution in [0.25, 0.3) is 11.3 Å². The lowest BCUT2D eigenvalue weighted by Crippen LogP contribution is -2.48. The Balaban J connectivity index is 1.63. The molecule has 2 N–H and O–H groups in total. The molecule has 1 aliphatic rings. The first-order chi connectivity index (χ1) is 13.0. The van der Waals surface area contributed by atoms with E-state index in [0.29, 0.717) is 36.0 Å². The summed E-state index contributed by atoms with van der Waals surface area (Å²) in [4.78, 5) is 27.5. The zero-order valence-corrected chi connectivity index (χ0v) is 15.9. The number of aliphatic carboxylic acids is 1. The zero-order valence-electron chi connectivity index (χ0n) is 15.2. The summed E-state index contributed by atoms with van der Waals surface area (Å²) in [5, 5.41) is 16.6. The van der Waals surface area contributed by atoms with Crippen molar-refractivity contribution in [3.8, 4) is 11.3 Å². The van der Waals surface area contributed by atoms with Gasteiger partial charge in [0, 0.05) is 24.7 Å². The van der Waals surface area contributed by atoms with Gasteiger partial charge in [0.1, 0.15) is 5.69 Å². The van der Waals surface area contributed by atoms with Crippen LogP contribution < -0.4 is 0 Å². The normalized spacial score (nSPS) is 15.3. The molecule has 1 amide bonds. The van der Waals surface area contributed by atoms with E-state index in [0.717, 1.165) is 18.4 Å². The van der Waals surface area contributed by atoms with Gasteiger partial charge in [-0.05, 0) is 31.5 Å². The molecule has 1 aromatic carbocycles. The number of carboxylic acids is 1. The summed E-state index contributed by atoms with van der Waals surface area (Å²) >= 11 is 6.20. The Bertz CT molecular complexity index is 815. The molecule has 0 atom stereocenters. The van der Waals surface area contributed by atoms with E-state index in [2.05, 4.69) is 10.2 Å². The molecule has 2 aromatic rings. The Kier molecular flexibility index (Phi) is 6.13. The molecule has 27 heavy (non-hydrogen) atoms. The summed E-state index contributed by atoms with van der Waals surface area (Å²) in [5.41, 5.74) is 1.85. The van der Waals surface area contributed by atoms with Gasteiger partial charge in [-0.25, -0.2) is 0 Å². The predicted octanol–water partition coefficient (Wildman–Crippen LogP) is 2.74. The number of hydrogen-bond donors (Lipinski definition) is 2. The van der Waals surface area contributed by atoms with Crippen LogP contribution >= 0.6 is 11.6 Å². The predicted molar refractivity (Wildman–Crippen MR) is 103 cm³/mol. The van der Waals surface area contributed by atoms with Crippen molar-refractivity contribution in [2.24, 2.45) is 0 Å². The van der Waals surface area contributed by atoms with Gasteiger partial charge < -0.3 is 10.0 Å². The Labute approximate surface area is 162 Å². The summed E-state index contributed by atoms with van der Waals surface area (Å²) in [7, 11) is 0. The fourth-order valence-electron chi connectivity index (χ4n) is 3.52. The maximum absolute atomic E-state index is 12.8. The largest absolute Gasteiger partial charge is 0.480 e. The van der Waals surface area contributed by atoms with Crippen LogP contribution in [0.4, 0.5) is 0 Å². The molecule has 0 radical (unpaired) electrons. The summed E-state index contributed by atoms with van der Waals surface area (Å²) < 4.78 is 0.